The van der Waals surface area contributed by atoms with Gasteiger partial charge in [0.25, 0.3) is 0 Å². The van der Waals surface area contributed by atoms with E-state index in [0.717, 1.165) is 16.9 Å². The normalized spacial score (nSPS) is 17.2. The van der Waals surface area contributed by atoms with Gasteiger partial charge in [-0.25, -0.2) is 0 Å². The SMILES string of the molecule is O=C(NCc1ccc2c(c1)OCO2)[C@H]1Cc2ccccc2CN1Cc1ccccc1O. The number of nitrogens with zero attached hydrogens (tertiary/aromatic N) is 1. The van der Waals surface area contributed by atoms with E-state index in [1.54, 1.807) is 12.1 Å². The highest BCUT2D eigenvalue weighted by atomic mass is 16.7. The first-order chi connectivity index (χ1) is 15.2. The summed E-state index contributed by atoms with van der Waals surface area (Å²) in [5, 5.41) is 13.3. The van der Waals surface area contributed by atoms with Crippen molar-refractivity contribution in [2.24, 2.45) is 0 Å². The van der Waals surface area contributed by atoms with Gasteiger partial charge in [-0.1, -0.05) is 48.5 Å². The number of hydrogen-bond acceptors (Lipinski definition) is 5. The number of hydrogen-bond donors (Lipinski definition) is 2. The molecule has 2 aliphatic heterocycles. The highest BCUT2D eigenvalue weighted by molar-refractivity contribution is 5.82. The number of para-hydroxylation sites is 1. The zero-order valence-electron chi connectivity index (χ0n) is 17.1. The Balaban J connectivity index is 1.34. The zero-order valence-corrected chi connectivity index (χ0v) is 17.1. The van der Waals surface area contributed by atoms with Crippen LogP contribution in [-0.4, -0.2) is 28.7 Å². The molecule has 3 aromatic rings. The van der Waals surface area contributed by atoms with Crippen molar-refractivity contribution in [3.63, 3.8) is 0 Å². The predicted molar refractivity (Wildman–Crippen MR) is 116 cm³/mol. The lowest BCUT2D eigenvalue weighted by atomic mass is 9.93. The Kier molecular flexibility index (Phi) is 5.22. The quantitative estimate of drug-likeness (QED) is 0.667. The third-order valence-electron chi connectivity index (χ3n) is 5.92. The maximum Gasteiger partial charge on any atom is 0.237 e. The molecule has 3 aromatic carbocycles. The van der Waals surface area contributed by atoms with Gasteiger partial charge in [-0.3, -0.25) is 9.69 Å². The molecule has 0 fully saturated rings. The van der Waals surface area contributed by atoms with Crippen molar-refractivity contribution in [1.29, 1.82) is 0 Å². The summed E-state index contributed by atoms with van der Waals surface area (Å²) < 4.78 is 10.8. The van der Waals surface area contributed by atoms with Crippen LogP contribution in [0, 0.1) is 0 Å². The predicted octanol–water partition coefficient (Wildman–Crippen LogP) is 3.36. The monoisotopic (exact) mass is 416 g/mol. The maximum absolute atomic E-state index is 13.2. The average molecular weight is 416 g/mol. The fourth-order valence-corrected chi connectivity index (χ4v) is 4.22. The number of rotatable bonds is 5. The Hall–Kier alpha value is -3.51. The van der Waals surface area contributed by atoms with Crippen LogP contribution >= 0.6 is 0 Å². The molecule has 0 saturated carbocycles. The molecule has 6 nitrogen and oxygen atoms in total. The third-order valence-corrected chi connectivity index (χ3v) is 5.92. The van der Waals surface area contributed by atoms with Gasteiger partial charge in [0.2, 0.25) is 12.7 Å². The zero-order chi connectivity index (χ0) is 21.2. The standard InChI is InChI=1S/C25H24N2O4/c28-22-8-4-3-7-20(22)15-27-14-19-6-2-1-5-18(19)12-21(27)25(29)26-13-17-9-10-23-24(11-17)31-16-30-23/h1-11,21,28H,12-16H2,(H,26,29)/t21-/m1/s1. The van der Waals surface area contributed by atoms with Crippen molar-refractivity contribution in [2.75, 3.05) is 6.79 Å². The molecule has 158 valence electrons. The van der Waals surface area contributed by atoms with Crippen molar-refractivity contribution in [3.8, 4) is 17.2 Å². The molecular formula is C25H24N2O4. The lowest BCUT2D eigenvalue weighted by Gasteiger charge is -2.36. The molecule has 0 unspecified atom stereocenters. The van der Waals surface area contributed by atoms with E-state index in [2.05, 4.69) is 22.3 Å². The Morgan fingerprint density at radius 3 is 2.65 bits per heavy atom. The Labute approximate surface area is 181 Å². The van der Waals surface area contributed by atoms with Gasteiger partial charge in [-0.05, 0) is 41.3 Å². The summed E-state index contributed by atoms with van der Waals surface area (Å²) in [6, 6.07) is 20.9. The fourth-order valence-electron chi connectivity index (χ4n) is 4.22. The summed E-state index contributed by atoms with van der Waals surface area (Å²) in [5.41, 5.74) is 4.19. The number of carbonyl (C=O) groups is 1. The molecule has 0 spiro atoms. The van der Waals surface area contributed by atoms with Crippen LogP contribution in [0.25, 0.3) is 0 Å². The van der Waals surface area contributed by atoms with Crippen LogP contribution in [0.15, 0.2) is 66.7 Å². The smallest absolute Gasteiger partial charge is 0.237 e. The van der Waals surface area contributed by atoms with E-state index in [1.165, 1.54) is 11.1 Å². The number of nitrogens with one attached hydrogen (secondary N) is 1. The number of fused-ring (bicyclic) bond motifs is 2. The van der Waals surface area contributed by atoms with Crippen LogP contribution in [0.2, 0.25) is 0 Å². The molecule has 31 heavy (non-hydrogen) atoms. The highest BCUT2D eigenvalue weighted by Gasteiger charge is 2.31. The van der Waals surface area contributed by atoms with E-state index in [0.29, 0.717) is 31.8 Å². The summed E-state index contributed by atoms with van der Waals surface area (Å²) in [6.07, 6.45) is 0.636. The number of ether oxygens (including phenoxy) is 2. The minimum Gasteiger partial charge on any atom is -0.508 e. The second-order valence-corrected chi connectivity index (χ2v) is 7.93. The molecule has 0 aliphatic carbocycles. The van der Waals surface area contributed by atoms with Gasteiger partial charge in [-0.2, -0.15) is 0 Å². The summed E-state index contributed by atoms with van der Waals surface area (Å²) in [4.78, 5) is 15.4. The number of benzene rings is 3. The molecule has 1 amide bonds. The van der Waals surface area contributed by atoms with Crippen LogP contribution < -0.4 is 14.8 Å². The molecule has 0 bridgehead atoms. The van der Waals surface area contributed by atoms with E-state index < -0.39 is 0 Å². The van der Waals surface area contributed by atoms with Crippen LogP contribution in [0.3, 0.4) is 0 Å². The molecule has 0 saturated heterocycles. The minimum absolute atomic E-state index is 0.0254. The Morgan fingerprint density at radius 2 is 1.77 bits per heavy atom. The molecule has 2 aliphatic rings. The summed E-state index contributed by atoms with van der Waals surface area (Å²) in [6.45, 7) is 1.81. The largest absolute Gasteiger partial charge is 0.508 e. The van der Waals surface area contributed by atoms with E-state index in [1.807, 2.05) is 42.5 Å². The van der Waals surface area contributed by atoms with Crippen LogP contribution in [0.5, 0.6) is 17.2 Å². The minimum atomic E-state index is -0.316. The second-order valence-electron chi connectivity index (χ2n) is 7.93. The molecule has 2 heterocycles. The van der Waals surface area contributed by atoms with Crippen LogP contribution in [0.4, 0.5) is 0 Å². The average Bonchev–Trinajstić information content (AvgIpc) is 3.26. The van der Waals surface area contributed by atoms with Crippen molar-refractivity contribution in [3.05, 3.63) is 89.0 Å². The number of phenols is 1. The number of carbonyl (C=O) groups excluding carboxylic acids is 1. The van der Waals surface area contributed by atoms with Gasteiger partial charge >= 0.3 is 0 Å². The summed E-state index contributed by atoms with van der Waals surface area (Å²) in [5.74, 6) is 1.66. The van der Waals surface area contributed by atoms with Gasteiger partial charge in [0.1, 0.15) is 5.75 Å². The maximum atomic E-state index is 13.2. The van der Waals surface area contributed by atoms with Crippen molar-refractivity contribution >= 4 is 5.91 Å². The van der Waals surface area contributed by atoms with Crippen LogP contribution in [0.1, 0.15) is 22.3 Å². The molecule has 0 radical (unpaired) electrons. The lowest BCUT2D eigenvalue weighted by molar-refractivity contribution is -0.127. The van der Waals surface area contributed by atoms with Crippen molar-refractivity contribution < 1.29 is 19.4 Å². The molecular weight excluding hydrogens is 392 g/mol. The van der Waals surface area contributed by atoms with Crippen molar-refractivity contribution in [1.82, 2.24) is 10.2 Å². The summed E-state index contributed by atoms with van der Waals surface area (Å²) >= 11 is 0. The van der Waals surface area contributed by atoms with E-state index >= 15 is 0 Å². The number of phenolic OH excluding ortho intramolecular Hbond substituents is 1. The lowest BCUT2D eigenvalue weighted by Crippen LogP contribution is -2.49. The first-order valence-corrected chi connectivity index (χ1v) is 10.4. The molecule has 5 rings (SSSR count). The third kappa shape index (κ3) is 4.07. The highest BCUT2D eigenvalue weighted by Crippen LogP contribution is 2.32. The first kappa shape index (κ1) is 19.5. The molecule has 6 heteroatoms. The first-order valence-electron chi connectivity index (χ1n) is 10.4. The molecule has 2 N–H and O–H groups in total. The van der Waals surface area contributed by atoms with Gasteiger partial charge in [0.15, 0.2) is 11.5 Å². The van der Waals surface area contributed by atoms with Crippen molar-refractivity contribution in [2.45, 2.75) is 32.1 Å². The molecule has 1 atom stereocenters. The van der Waals surface area contributed by atoms with Gasteiger partial charge in [0.05, 0.1) is 6.04 Å². The number of aromatic hydroxyl groups is 1. The van der Waals surface area contributed by atoms with E-state index in [4.69, 9.17) is 9.47 Å². The van der Waals surface area contributed by atoms with Gasteiger partial charge < -0.3 is 19.9 Å². The number of amides is 1. The molecule has 0 aromatic heterocycles. The summed E-state index contributed by atoms with van der Waals surface area (Å²) in [7, 11) is 0. The Morgan fingerprint density at radius 1 is 1.00 bits per heavy atom. The van der Waals surface area contributed by atoms with Gasteiger partial charge in [-0.15, -0.1) is 0 Å². The van der Waals surface area contributed by atoms with Crippen LogP contribution in [-0.2, 0) is 30.8 Å². The second kappa shape index (κ2) is 8.32. The fraction of sp³-hybridized carbons (Fsp3) is 0.240. The van der Waals surface area contributed by atoms with Gasteiger partial charge in [0, 0.05) is 25.2 Å². The van der Waals surface area contributed by atoms with E-state index in [9.17, 15) is 9.90 Å². The Bertz CT molecular complexity index is 1110. The van der Waals surface area contributed by atoms with E-state index in [-0.39, 0.29) is 24.5 Å². The topological polar surface area (TPSA) is 71.0 Å².